The topological polar surface area (TPSA) is 84.2 Å². The number of sulfonamides is 1. The molecule has 1 fully saturated rings. The molecule has 0 saturated carbocycles. The highest BCUT2D eigenvalue weighted by molar-refractivity contribution is 7.88. The van der Waals surface area contributed by atoms with Gasteiger partial charge in [0.1, 0.15) is 12.1 Å². The Morgan fingerprint density at radius 1 is 0.969 bits per heavy atom. The fraction of sp³-hybridized carbons (Fsp3) is 0.350. The summed E-state index contributed by atoms with van der Waals surface area (Å²) in [6.45, 7) is 3.25. The summed E-state index contributed by atoms with van der Waals surface area (Å²) >= 11 is 0. The van der Waals surface area contributed by atoms with Crippen molar-refractivity contribution >= 4 is 15.8 Å². The fourth-order valence-electron chi connectivity index (χ4n) is 3.47. The first-order valence-electron chi connectivity index (χ1n) is 9.85. The van der Waals surface area contributed by atoms with Crippen molar-refractivity contribution in [3.8, 4) is 5.82 Å². The Bertz CT molecular complexity index is 1190. The average Bonchev–Trinajstić information content (AvgIpc) is 3.20. The van der Waals surface area contributed by atoms with Gasteiger partial charge in [-0.05, 0) is 30.7 Å². The van der Waals surface area contributed by atoms with Gasteiger partial charge in [-0.3, -0.25) is 0 Å². The molecule has 12 heteroatoms. The van der Waals surface area contributed by atoms with E-state index in [4.69, 9.17) is 0 Å². The number of rotatable bonds is 5. The average molecular weight is 466 g/mol. The number of nitrogens with zero attached hydrogens (tertiary/aromatic N) is 6. The number of halogens is 3. The van der Waals surface area contributed by atoms with E-state index in [0.29, 0.717) is 30.3 Å². The van der Waals surface area contributed by atoms with Gasteiger partial charge >= 0.3 is 6.18 Å². The third-order valence-electron chi connectivity index (χ3n) is 5.18. The smallest absolute Gasteiger partial charge is 0.354 e. The molecule has 1 aliphatic rings. The Balaban J connectivity index is 1.40. The van der Waals surface area contributed by atoms with E-state index in [1.807, 2.05) is 17.9 Å². The van der Waals surface area contributed by atoms with Crippen LogP contribution in [0.15, 0.2) is 48.9 Å². The molecule has 1 saturated heterocycles. The molecular formula is C20H21F3N6O2S. The lowest BCUT2D eigenvalue weighted by atomic mass is 10.1. The molecule has 1 aromatic carbocycles. The Kier molecular flexibility index (Phi) is 5.91. The molecule has 2 aromatic heterocycles. The lowest BCUT2D eigenvalue weighted by Gasteiger charge is -2.34. The standard InChI is InChI=1S/C20H21F3N6O2S/c1-15-6-7-29(26-15)19-12-18(24-14-25-19)27-8-10-28(11-9-27)32(30,31)13-16-2-4-17(5-3-16)20(21,22)23/h2-7,12,14H,8-11,13H2,1H3. The molecule has 0 N–H and O–H groups in total. The molecule has 0 unspecified atom stereocenters. The second-order valence-corrected chi connectivity index (χ2v) is 9.44. The highest BCUT2D eigenvalue weighted by atomic mass is 32.2. The molecule has 3 aromatic rings. The van der Waals surface area contributed by atoms with Gasteiger partial charge in [0, 0.05) is 38.4 Å². The second-order valence-electron chi connectivity index (χ2n) is 7.47. The largest absolute Gasteiger partial charge is 0.416 e. The van der Waals surface area contributed by atoms with Crippen LogP contribution in [0.4, 0.5) is 19.0 Å². The predicted molar refractivity (Wildman–Crippen MR) is 112 cm³/mol. The van der Waals surface area contributed by atoms with Crippen LogP contribution in [0.3, 0.4) is 0 Å². The Morgan fingerprint density at radius 2 is 1.62 bits per heavy atom. The summed E-state index contributed by atoms with van der Waals surface area (Å²) in [7, 11) is -3.66. The van der Waals surface area contributed by atoms with E-state index >= 15 is 0 Å². The third kappa shape index (κ3) is 4.91. The lowest BCUT2D eigenvalue weighted by Crippen LogP contribution is -2.49. The van der Waals surface area contributed by atoms with Gasteiger partial charge in [-0.1, -0.05) is 12.1 Å². The summed E-state index contributed by atoms with van der Waals surface area (Å²) in [4.78, 5) is 10.5. The van der Waals surface area contributed by atoms with Gasteiger partial charge in [0.25, 0.3) is 0 Å². The molecule has 3 heterocycles. The molecule has 1 aliphatic heterocycles. The number of aromatic nitrogens is 4. The van der Waals surface area contributed by atoms with Crippen LogP contribution in [0.5, 0.6) is 0 Å². The van der Waals surface area contributed by atoms with Gasteiger partial charge in [-0.2, -0.15) is 22.6 Å². The summed E-state index contributed by atoms with van der Waals surface area (Å²) < 4.78 is 66.7. The highest BCUT2D eigenvalue weighted by Crippen LogP contribution is 2.29. The molecule has 0 radical (unpaired) electrons. The van der Waals surface area contributed by atoms with Gasteiger partial charge in [0.05, 0.1) is 17.0 Å². The first kappa shape index (κ1) is 22.2. The molecular weight excluding hydrogens is 445 g/mol. The van der Waals surface area contributed by atoms with Crippen molar-refractivity contribution in [1.82, 2.24) is 24.1 Å². The summed E-state index contributed by atoms with van der Waals surface area (Å²) in [6, 6.07) is 7.86. The minimum absolute atomic E-state index is 0.253. The van der Waals surface area contributed by atoms with Crippen molar-refractivity contribution in [3.05, 3.63) is 65.7 Å². The van der Waals surface area contributed by atoms with Crippen molar-refractivity contribution in [3.63, 3.8) is 0 Å². The lowest BCUT2D eigenvalue weighted by molar-refractivity contribution is -0.137. The highest BCUT2D eigenvalue weighted by Gasteiger charge is 2.31. The molecule has 8 nitrogen and oxygen atoms in total. The maximum atomic E-state index is 12.8. The normalized spacial score (nSPS) is 15.8. The molecule has 0 bridgehead atoms. The second kappa shape index (κ2) is 8.51. The van der Waals surface area contributed by atoms with Crippen LogP contribution in [0.25, 0.3) is 5.82 Å². The van der Waals surface area contributed by atoms with E-state index in [0.717, 1.165) is 17.8 Å². The quantitative estimate of drug-likeness (QED) is 0.575. The fourth-order valence-corrected chi connectivity index (χ4v) is 4.98. The van der Waals surface area contributed by atoms with E-state index in [1.165, 1.54) is 22.8 Å². The number of anilines is 1. The number of aryl methyl sites for hydroxylation is 1. The van der Waals surface area contributed by atoms with Gasteiger partial charge in [0.15, 0.2) is 5.82 Å². The van der Waals surface area contributed by atoms with Crippen LogP contribution in [0.2, 0.25) is 0 Å². The van der Waals surface area contributed by atoms with Crippen LogP contribution < -0.4 is 4.90 Å². The summed E-state index contributed by atoms with van der Waals surface area (Å²) in [5, 5.41) is 4.33. The maximum absolute atomic E-state index is 12.8. The first-order valence-corrected chi connectivity index (χ1v) is 11.5. The first-order chi connectivity index (χ1) is 15.1. The number of benzene rings is 1. The van der Waals surface area contributed by atoms with Crippen LogP contribution in [-0.4, -0.2) is 58.7 Å². The third-order valence-corrected chi connectivity index (χ3v) is 7.03. The molecule has 170 valence electrons. The van der Waals surface area contributed by atoms with Gasteiger partial charge in [-0.15, -0.1) is 0 Å². The summed E-state index contributed by atoms with van der Waals surface area (Å²) in [6.07, 6.45) is -1.21. The van der Waals surface area contributed by atoms with Gasteiger partial charge in [-0.25, -0.2) is 23.1 Å². The number of hydrogen-bond acceptors (Lipinski definition) is 6. The monoisotopic (exact) mass is 466 g/mol. The summed E-state index contributed by atoms with van der Waals surface area (Å²) in [5.74, 6) is 0.935. The van der Waals surface area contributed by atoms with Crippen molar-refractivity contribution in [2.45, 2.75) is 18.9 Å². The van der Waals surface area contributed by atoms with Gasteiger partial charge in [0.2, 0.25) is 10.0 Å². The molecule has 0 atom stereocenters. The van der Waals surface area contributed by atoms with E-state index in [1.54, 1.807) is 16.9 Å². The zero-order chi connectivity index (χ0) is 22.9. The Morgan fingerprint density at radius 3 is 2.22 bits per heavy atom. The Hall–Kier alpha value is -2.99. The molecule has 0 amide bonds. The van der Waals surface area contributed by atoms with Crippen LogP contribution in [0, 0.1) is 6.92 Å². The molecule has 32 heavy (non-hydrogen) atoms. The minimum Gasteiger partial charge on any atom is -0.354 e. The zero-order valence-electron chi connectivity index (χ0n) is 17.2. The van der Waals surface area contributed by atoms with Crippen molar-refractivity contribution < 1.29 is 21.6 Å². The van der Waals surface area contributed by atoms with Crippen molar-refractivity contribution in [2.75, 3.05) is 31.1 Å². The molecule has 0 aliphatic carbocycles. The van der Waals surface area contributed by atoms with Crippen LogP contribution in [-0.2, 0) is 22.0 Å². The van der Waals surface area contributed by atoms with Crippen molar-refractivity contribution in [2.24, 2.45) is 0 Å². The maximum Gasteiger partial charge on any atom is 0.416 e. The summed E-state index contributed by atoms with van der Waals surface area (Å²) in [5.41, 5.74) is 0.370. The molecule has 0 spiro atoms. The van der Waals surface area contributed by atoms with E-state index < -0.39 is 21.8 Å². The number of alkyl halides is 3. The number of piperazine rings is 1. The minimum atomic E-state index is -4.45. The van der Waals surface area contributed by atoms with E-state index in [-0.39, 0.29) is 18.8 Å². The van der Waals surface area contributed by atoms with E-state index in [2.05, 4.69) is 15.1 Å². The Labute approximate surface area is 183 Å². The zero-order valence-corrected chi connectivity index (χ0v) is 18.0. The molecule has 4 rings (SSSR count). The van der Waals surface area contributed by atoms with Crippen LogP contribution >= 0.6 is 0 Å². The van der Waals surface area contributed by atoms with Gasteiger partial charge < -0.3 is 4.90 Å². The SMILES string of the molecule is Cc1ccn(-c2cc(N3CCN(S(=O)(=O)Cc4ccc(C(F)(F)F)cc4)CC3)ncn2)n1. The van der Waals surface area contributed by atoms with Crippen molar-refractivity contribution in [1.29, 1.82) is 0 Å². The number of hydrogen-bond donors (Lipinski definition) is 0. The van der Waals surface area contributed by atoms with Crippen LogP contribution in [0.1, 0.15) is 16.8 Å². The van der Waals surface area contributed by atoms with E-state index in [9.17, 15) is 21.6 Å². The predicted octanol–water partition coefficient (Wildman–Crippen LogP) is 2.64.